The van der Waals surface area contributed by atoms with Crippen LogP contribution in [0.3, 0.4) is 0 Å². The van der Waals surface area contributed by atoms with Crippen molar-refractivity contribution in [3.05, 3.63) is 12.2 Å². The molecule has 0 radical (unpaired) electrons. The van der Waals surface area contributed by atoms with Gasteiger partial charge in [-0.2, -0.15) is 0 Å². The van der Waals surface area contributed by atoms with Crippen LogP contribution in [0.4, 0.5) is 0 Å². The minimum Gasteiger partial charge on any atom is -0.411 e. The van der Waals surface area contributed by atoms with Crippen LogP contribution in [0.1, 0.15) is 26.7 Å². The molecule has 0 fully saturated rings. The average Bonchev–Trinajstić information content (AvgIpc) is 1.91. The largest absolute Gasteiger partial charge is 0.411 e. The maximum absolute atomic E-state index is 8.31. The first-order valence-electron chi connectivity index (χ1n) is 3.16. The zero-order chi connectivity index (χ0) is 7.11. The molecule has 0 aliphatic rings. The summed E-state index contributed by atoms with van der Waals surface area (Å²) in [5.41, 5.74) is 0.827. The summed E-state index contributed by atoms with van der Waals surface area (Å²) in [5, 5.41) is 11.4. The Hall–Kier alpha value is -0.790. The molecule has 0 spiro atoms. The summed E-state index contributed by atoms with van der Waals surface area (Å²) in [7, 11) is 0. The SMILES string of the molecule is C/C=C/C/C(CC)=N/O. The number of rotatable bonds is 3. The van der Waals surface area contributed by atoms with Crippen molar-refractivity contribution in [1.82, 2.24) is 0 Å². The molecular weight excluding hydrogens is 114 g/mol. The van der Waals surface area contributed by atoms with Gasteiger partial charge in [0, 0.05) is 6.42 Å². The molecule has 9 heavy (non-hydrogen) atoms. The number of hydrogen-bond donors (Lipinski definition) is 1. The van der Waals surface area contributed by atoms with Crippen LogP contribution in [0.2, 0.25) is 0 Å². The molecule has 1 N–H and O–H groups in total. The van der Waals surface area contributed by atoms with Crippen LogP contribution in [0, 0.1) is 0 Å². The van der Waals surface area contributed by atoms with Gasteiger partial charge in [-0.1, -0.05) is 24.2 Å². The van der Waals surface area contributed by atoms with Gasteiger partial charge in [-0.05, 0) is 13.3 Å². The lowest BCUT2D eigenvalue weighted by atomic mass is 10.2. The van der Waals surface area contributed by atoms with Crippen molar-refractivity contribution in [2.24, 2.45) is 5.16 Å². The van der Waals surface area contributed by atoms with Crippen molar-refractivity contribution < 1.29 is 5.21 Å². The Morgan fingerprint density at radius 1 is 1.67 bits per heavy atom. The molecule has 0 atom stereocenters. The summed E-state index contributed by atoms with van der Waals surface area (Å²) in [6.45, 7) is 3.92. The third kappa shape index (κ3) is 3.76. The first-order valence-corrected chi connectivity index (χ1v) is 3.16. The Morgan fingerprint density at radius 3 is 2.67 bits per heavy atom. The van der Waals surface area contributed by atoms with Crippen LogP contribution in [0.25, 0.3) is 0 Å². The summed E-state index contributed by atoms with van der Waals surface area (Å²) in [6, 6.07) is 0. The molecule has 0 aromatic rings. The molecule has 0 unspecified atom stereocenters. The van der Waals surface area contributed by atoms with Gasteiger partial charge in [0.05, 0.1) is 5.71 Å². The molecule has 0 saturated carbocycles. The summed E-state index contributed by atoms with van der Waals surface area (Å²) in [6.07, 6.45) is 5.50. The Morgan fingerprint density at radius 2 is 2.33 bits per heavy atom. The van der Waals surface area contributed by atoms with Gasteiger partial charge in [-0.15, -0.1) is 0 Å². The maximum Gasteiger partial charge on any atom is 0.0605 e. The minimum absolute atomic E-state index is 0.767. The molecule has 0 heterocycles. The van der Waals surface area contributed by atoms with Gasteiger partial charge in [0.15, 0.2) is 0 Å². The van der Waals surface area contributed by atoms with E-state index in [1.165, 1.54) is 0 Å². The van der Waals surface area contributed by atoms with E-state index in [2.05, 4.69) is 5.16 Å². The lowest BCUT2D eigenvalue weighted by Crippen LogP contribution is -1.92. The highest BCUT2D eigenvalue weighted by Gasteiger charge is 1.89. The molecule has 0 aromatic heterocycles. The summed E-state index contributed by atoms with van der Waals surface area (Å²) >= 11 is 0. The van der Waals surface area contributed by atoms with Crippen LogP contribution in [0.15, 0.2) is 17.3 Å². The molecule has 0 aliphatic heterocycles. The minimum atomic E-state index is 0.767. The van der Waals surface area contributed by atoms with E-state index in [9.17, 15) is 0 Å². The molecule has 0 bridgehead atoms. The smallest absolute Gasteiger partial charge is 0.0605 e. The van der Waals surface area contributed by atoms with E-state index in [1.807, 2.05) is 26.0 Å². The Balaban J connectivity index is 3.58. The fourth-order valence-corrected chi connectivity index (χ4v) is 0.510. The number of allylic oxidation sites excluding steroid dienone is 2. The van der Waals surface area contributed by atoms with Crippen LogP contribution in [-0.2, 0) is 0 Å². The molecule has 0 aromatic carbocycles. The van der Waals surface area contributed by atoms with Crippen molar-refractivity contribution in [3.8, 4) is 0 Å². The van der Waals surface area contributed by atoms with E-state index in [0.29, 0.717) is 0 Å². The molecule has 0 rings (SSSR count). The molecule has 2 heteroatoms. The van der Waals surface area contributed by atoms with E-state index >= 15 is 0 Å². The third-order valence-electron chi connectivity index (χ3n) is 1.14. The van der Waals surface area contributed by atoms with Crippen molar-refractivity contribution in [2.75, 3.05) is 0 Å². The standard InChI is InChI=1S/C7H13NO/c1-3-5-6-7(4-2)8-9/h3,5,9H,4,6H2,1-2H3/b5-3+,8-7+. The van der Waals surface area contributed by atoms with Gasteiger partial charge in [-0.3, -0.25) is 0 Å². The van der Waals surface area contributed by atoms with E-state index < -0.39 is 0 Å². The van der Waals surface area contributed by atoms with Crippen LogP contribution in [-0.4, -0.2) is 10.9 Å². The predicted molar refractivity (Wildman–Crippen MR) is 38.9 cm³/mol. The fraction of sp³-hybridized carbons (Fsp3) is 0.571. The summed E-state index contributed by atoms with van der Waals surface area (Å²) in [5.74, 6) is 0. The van der Waals surface area contributed by atoms with Crippen molar-refractivity contribution >= 4 is 5.71 Å². The van der Waals surface area contributed by atoms with E-state index in [4.69, 9.17) is 5.21 Å². The molecule has 2 nitrogen and oxygen atoms in total. The van der Waals surface area contributed by atoms with E-state index in [0.717, 1.165) is 18.6 Å². The van der Waals surface area contributed by atoms with Gasteiger partial charge in [-0.25, -0.2) is 0 Å². The van der Waals surface area contributed by atoms with Crippen molar-refractivity contribution in [1.29, 1.82) is 0 Å². The van der Waals surface area contributed by atoms with Gasteiger partial charge in [0.2, 0.25) is 0 Å². The van der Waals surface area contributed by atoms with Crippen LogP contribution < -0.4 is 0 Å². The van der Waals surface area contributed by atoms with Crippen molar-refractivity contribution in [2.45, 2.75) is 26.7 Å². The lowest BCUT2D eigenvalue weighted by molar-refractivity contribution is 0.317. The van der Waals surface area contributed by atoms with Crippen LogP contribution in [0.5, 0.6) is 0 Å². The molecule has 0 amide bonds. The Kier molecular flexibility index (Phi) is 4.88. The monoisotopic (exact) mass is 127 g/mol. The lowest BCUT2D eigenvalue weighted by Gasteiger charge is -1.92. The number of nitrogens with zero attached hydrogens (tertiary/aromatic N) is 1. The van der Waals surface area contributed by atoms with Crippen LogP contribution >= 0.6 is 0 Å². The second-order valence-corrected chi connectivity index (χ2v) is 1.79. The fourth-order valence-electron chi connectivity index (χ4n) is 0.510. The topological polar surface area (TPSA) is 32.6 Å². The summed E-state index contributed by atoms with van der Waals surface area (Å²) < 4.78 is 0. The zero-order valence-electron chi connectivity index (χ0n) is 5.96. The van der Waals surface area contributed by atoms with E-state index in [-0.39, 0.29) is 0 Å². The second-order valence-electron chi connectivity index (χ2n) is 1.79. The highest BCUT2D eigenvalue weighted by molar-refractivity contribution is 5.84. The van der Waals surface area contributed by atoms with Gasteiger partial charge in [0.25, 0.3) is 0 Å². The van der Waals surface area contributed by atoms with Gasteiger partial charge < -0.3 is 5.21 Å². The maximum atomic E-state index is 8.31. The molecular formula is C7H13NO. The number of hydrogen-bond acceptors (Lipinski definition) is 2. The predicted octanol–water partition coefficient (Wildman–Crippen LogP) is 2.19. The van der Waals surface area contributed by atoms with Gasteiger partial charge in [0.1, 0.15) is 0 Å². The normalized spacial score (nSPS) is 12.9. The molecule has 52 valence electrons. The third-order valence-corrected chi connectivity index (χ3v) is 1.14. The highest BCUT2D eigenvalue weighted by atomic mass is 16.4. The average molecular weight is 127 g/mol. The first kappa shape index (κ1) is 8.21. The molecule has 0 saturated heterocycles. The Labute approximate surface area is 55.9 Å². The van der Waals surface area contributed by atoms with Gasteiger partial charge >= 0.3 is 0 Å². The van der Waals surface area contributed by atoms with Crippen molar-refractivity contribution in [3.63, 3.8) is 0 Å². The Bertz CT molecular complexity index is 116. The zero-order valence-corrected chi connectivity index (χ0v) is 5.96. The second kappa shape index (κ2) is 5.35. The quantitative estimate of drug-likeness (QED) is 0.268. The first-order chi connectivity index (χ1) is 4.35. The number of oxime groups is 1. The van der Waals surface area contributed by atoms with E-state index in [1.54, 1.807) is 0 Å². The summed E-state index contributed by atoms with van der Waals surface area (Å²) in [4.78, 5) is 0. The molecule has 0 aliphatic carbocycles. The highest BCUT2D eigenvalue weighted by Crippen LogP contribution is 1.92.